The van der Waals surface area contributed by atoms with Gasteiger partial charge in [0, 0.05) is 13.1 Å². The van der Waals surface area contributed by atoms with Crippen LogP contribution in [0.25, 0.3) is 0 Å². The molecule has 1 rings (SSSR count). The van der Waals surface area contributed by atoms with E-state index in [2.05, 4.69) is 17.6 Å². The summed E-state index contributed by atoms with van der Waals surface area (Å²) in [7, 11) is 0. The summed E-state index contributed by atoms with van der Waals surface area (Å²) in [5.41, 5.74) is 5.68. The van der Waals surface area contributed by atoms with E-state index >= 15 is 0 Å². The predicted octanol–water partition coefficient (Wildman–Crippen LogP) is 1.60. The quantitative estimate of drug-likeness (QED) is 0.683. The van der Waals surface area contributed by atoms with Crippen molar-refractivity contribution in [1.82, 2.24) is 10.6 Å². The Morgan fingerprint density at radius 2 is 2.25 bits per heavy atom. The van der Waals surface area contributed by atoms with E-state index in [1.165, 1.54) is 6.42 Å². The van der Waals surface area contributed by atoms with Gasteiger partial charge in [-0.25, -0.2) is 4.79 Å². The van der Waals surface area contributed by atoms with Gasteiger partial charge in [-0.2, -0.15) is 0 Å². The van der Waals surface area contributed by atoms with Crippen molar-refractivity contribution in [3.05, 3.63) is 0 Å². The van der Waals surface area contributed by atoms with Gasteiger partial charge in [0.2, 0.25) is 0 Å². The molecule has 94 valence electrons. The van der Waals surface area contributed by atoms with Gasteiger partial charge in [-0.3, -0.25) is 0 Å². The fraction of sp³-hybridized carbons (Fsp3) is 0.917. The van der Waals surface area contributed by atoms with E-state index in [0.29, 0.717) is 12.5 Å². The van der Waals surface area contributed by atoms with Gasteiger partial charge in [0.25, 0.3) is 0 Å². The van der Waals surface area contributed by atoms with Crippen LogP contribution in [0.1, 0.15) is 46.0 Å². The molecule has 0 aromatic carbocycles. The molecule has 1 aliphatic carbocycles. The van der Waals surface area contributed by atoms with Gasteiger partial charge in [0.1, 0.15) is 0 Å². The molecule has 0 bridgehead atoms. The Balaban J connectivity index is 2.54. The van der Waals surface area contributed by atoms with Crippen LogP contribution in [0.5, 0.6) is 0 Å². The van der Waals surface area contributed by atoms with Gasteiger partial charge >= 0.3 is 6.03 Å². The summed E-state index contributed by atoms with van der Waals surface area (Å²) in [4.78, 5) is 11.7. The van der Waals surface area contributed by atoms with Crippen LogP contribution in [0, 0.1) is 5.92 Å². The molecule has 0 saturated heterocycles. The van der Waals surface area contributed by atoms with E-state index < -0.39 is 0 Å². The molecule has 0 aromatic heterocycles. The number of hydrogen-bond donors (Lipinski definition) is 3. The lowest BCUT2D eigenvalue weighted by atomic mass is 9.73. The van der Waals surface area contributed by atoms with Crippen molar-refractivity contribution in [2.45, 2.75) is 51.5 Å². The predicted molar refractivity (Wildman–Crippen MR) is 66.2 cm³/mol. The summed E-state index contributed by atoms with van der Waals surface area (Å²) in [6, 6.07) is -0.0685. The number of nitrogens with one attached hydrogen (secondary N) is 2. The molecule has 1 aliphatic rings. The van der Waals surface area contributed by atoms with Crippen molar-refractivity contribution >= 4 is 6.03 Å². The average Bonchev–Trinajstić information content (AvgIpc) is 2.29. The Kier molecular flexibility index (Phi) is 5.06. The van der Waals surface area contributed by atoms with Crippen LogP contribution in [0.3, 0.4) is 0 Å². The molecule has 1 saturated carbocycles. The lowest BCUT2D eigenvalue weighted by molar-refractivity contribution is 0.160. The number of nitrogens with two attached hydrogens (primary N) is 1. The summed E-state index contributed by atoms with van der Waals surface area (Å²) in [6.07, 6.45) is 5.53. The van der Waals surface area contributed by atoms with Crippen LogP contribution in [0.15, 0.2) is 0 Å². The molecule has 2 unspecified atom stereocenters. The van der Waals surface area contributed by atoms with Crippen molar-refractivity contribution in [3.8, 4) is 0 Å². The van der Waals surface area contributed by atoms with Crippen molar-refractivity contribution in [1.29, 1.82) is 0 Å². The maximum Gasteiger partial charge on any atom is 0.315 e. The normalized spacial score (nSPS) is 29.8. The molecular weight excluding hydrogens is 202 g/mol. The molecular formula is C12H25N3O. The fourth-order valence-electron chi connectivity index (χ4n) is 2.46. The van der Waals surface area contributed by atoms with Crippen molar-refractivity contribution in [2.24, 2.45) is 11.7 Å². The monoisotopic (exact) mass is 227 g/mol. The summed E-state index contributed by atoms with van der Waals surface area (Å²) in [5, 5.41) is 5.95. The van der Waals surface area contributed by atoms with Crippen LogP contribution in [-0.4, -0.2) is 24.7 Å². The van der Waals surface area contributed by atoms with E-state index in [1.807, 2.05) is 6.92 Å². The third kappa shape index (κ3) is 3.11. The Hall–Kier alpha value is -0.770. The maximum absolute atomic E-state index is 11.7. The number of hydrogen-bond acceptors (Lipinski definition) is 2. The molecule has 0 radical (unpaired) electrons. The summed E-state index contributed by atoms with van der Waals surface area (Å²) >= 11 is 0. The first-order valence-corrected chi connectivity index (χ1v) is 6.40. The molecule has 4 nitrogen and oxygen atoms in total. The standard InChI is InChI=1S/C12H25N3O/c1-3-8-14-11(16)15-12(9-13)7-5-4-6-10(12)2/h10H,3-9,13H2,1-2H3,(H2,14,15,16). The SMILES string of the molecule is CCCNC(=O)NC1(CN)CCCCC1C. The fourth-order valence-corrected chi connectivity index (χ4v) is 2.46. The molecule has 0 aromatic rings. The Bertz CT molecular complexity index is 232. The number of carbonyl (C=O) groups excluding carboxylic acids is 1. The van der Waals surface area contributed by atoms with E-state index in [-0.39, 0.29) is 11.6 Å². The molecule has 0 spiro atoms. The molecule has 0 heterocycles. The first-order chi connectivity index (χ1) is 7.64. The summed E-state index contributed by atoms with van der Waals surface area (Å²) in [6.45, 7) is 5.49. The first-order valence-electron chi connectivity index (χ1n) is 6.40. The van der Waals surface area contributed by atoms with Crippen molar-refractivity contribution in [3.63, 3.8) is 0 Å². The highest BCUT2D eigenvalue weighted by Crippen LogP contribution is 2.32. The summed E-state index contributed by atoms with van der Waals surface area (Å²) < 4.78 is 0. The smallest absolute Gasteiger partial charge is 0.315 e. The van der Waals surface area contributed by atoms with Gasteiger partial charge < -0.3 is 16.4 Å². The van der Waals surface area contributed by atoms with Gasteiger partial charge in [-0.15, -0.1) is 0 Å². The zero-order valence-corrected chi connectivity index (χ0v) is 10.5. The lowest BCUT2D eigenvalue weighted by Gasteiger charge is -2.42. The number of rotatable bonds is 4. The highest BCUT2D eigenvalue weighted by Gasteiger charge is 2.38. The van der Waals surface area contributed by atoms with Crippen LogP contribution < -0.4 is 16.4 Å². The Morgan fingerprint density at radius 3 is 2.81 bits per heavy atom. The number of urea groups is 1. The molecule has 0 aliphatic heterocycles. The average molecular weight is 227 g/mol. The van der Waals surface area contributed by atoms with Gasteiger partial charge in [-0.1, -0.05) is 26.7 Å². The van der Waals surface area contributed by atoms with Gasteiger partial charge in [0.15, 0.2) is 0 Å². The molecule has 2 atom stereocenters. The van der Waals surface area contributed by atoms with Crippen LogP contribution >= 0.6 is 0 Å². The highest BCUT2D eigenvalue weighted by atomic mass is 16.2. The third-order valence-corrected chi connectivity index (χ3v) is 3.72. The molecule has 1 fully saturated rings. The minimum atomic E-state index is -0.184. The number of amides is 2. The largest absolute Gasteiger partial charge is 0.338 e. The molecule has 16 heavy (non-hydrogen) atoms. The van der Waals surface area contributed by atoms with Crippen LogP contribution in [-0.2, 0) is 0 Å². The van der Waals surface area contributed by atoms with E-state index in [9.17, 15) is 4.79 Å². The van der Waals surface area contributed by atoms with E-state index in [0.717, 1.165) is 32.2 Å². The molecule has 4 heteroatoms. The Labute approximate surface area is 98.3 Å². The summed E-state index contributed by atoms with van der Waals surface area (Å²) in [5.74, 6) is 0.471. The van der Waals surface area contributed by atoms with Gasteiger partial charge in [0.05, 0.1) is 5.54 Å². The Morgan fingerprint density at radius 1 is 1.50 bits per heavy atom. The second kappa shape index (κ2) is 6.09. The second-order valence-electron chi connectivity index (χ2n) is 4.89. The third-order valence-electron chi connectivity index (χ3n) is 3.72. The second-order valence-corrected chi connectivity index (χ2v) is 4.89. The van der Waals surface area contributed by atoms with Crippen molar-refractivity contribution in [2.75, 3.05) is 13.1 Å². The first kappa shape index (κ1) is 13.3. The molecule has 4 N–H and O–H groups in total. The number of carbonyl (C=O) groups is 1. The zero-order valence-electron chi connectivity index (χ0n) is 10.5. The van der Waals surface area contributed by atoms with Crippen LogP contribution in [0.2, 0.25) is 0 Å². The topological polar surface area (TPSA) is 67.2 Å². The van der Waals surface area contributed by atoms with Crippen LogP contribution in [0.4, 0.5) is 4.79 Å². The van der Waals surface area contributed by atoms with E-state index in [1.54, 1.807) is 0 Å². The zero-order chi connectivity index (χ0) is 12.0. The van der Waals surface area contributed by atoms with E-state index in [4.69, 9.17) is 5.73 Å². The molecule has 2 amide bonds. The minimum absolute atomic E-state index is 0.0685. The van der Waals surface area contributed by atoms with Crippen molar-refractivity contribution < 1.29 is 4.79 Å². The minimum Gasteiger partial charge on any atom is -0.338 e. The lowest BCUT2D eigenvalue weighted by Crippen LogP contribution is -2.61. The highest BCUT2D eigenvalue weighted by molar-refractivity contribution is 5.74. The maximum atomic E-state index is 11.7. The van der Waals surface area contributed by atoms with Gasteiger partial charge in [-0.05, 0) is 25.2 Å².